The highest BCUT2D eigenvalue weighted by Gasteiger charge is 2.07. The van der Waals surface area contributed by atoms with Crippen molar-refractivity contribution in [1.82, 2.24) is 0 Å². The molecule has 14 nitrogen and oxygen atoms in total. The van der Waals surface area contributed by atoms with Crippen molar-refractivity contribution in [2.75, 3.05) is 132 Å². The van der Waals surface area contributed by atoms with Crippen molar-refractivity contribution >= 4 is 0 Å². The van der Waals surface area contributed by atoms with E-state index in [0.717, 1.165) is 22.3 Å². The van der Waals surface area contributed by atoms with E-state index in [-0.39, 0.29) is 0 Å². The van der Waals surface area contributed by atoms with Crippen LogP contribution in [0.2, 0.25) is 0 Å². The first kappa shape index (κ1) is 63.0. The van der Waals surface area contributed by atoms with Gasteiger partial charge in [-0.2, -0.15) is 0 Å². The van der Waals surface area contributed by atoms with Crippen LogP contribution in [0.25, 0.3) is 0 Å². The van der Waals surface area contributed by atoms with E-state index >= 15 is 0 Å². The minimum atomic E-state index is 0.419. The van der Waals surface area contributed by atoms with Crippen LogP contribution < -0.4 is 18.9 Å². The van der Waals surface area contributed by atoms with Gasteiger partial charge in [0, 0.05) is 0 Å². The molecule has 0 atom stereocenters. The predicted octanol–water partition coefficient (Wildman–Crippen LogP) is 11.1. The zero-order valence-electron chi connectivity index (χ0n) is 46.5. The first-order valence-corrected chi connectivity index (χ1v) is 27.1. The van der Waals surface area contributed by atoms with E-state index in [1.54, 1.807) is 0 Å². The molecule has 6 aromatic carbocycles. The molecule has 0 bridgehead atoms. The van der Waals surface area contributed by atoms with E-state index in [1.807, 2.05) is 48.5 Å². The Hall–Kier alpha value is -5.88. The predicted molar refractivity (Wildman–Crippen MR) is 303 cm³/mol. The average Bonchev–Trinajstić information content (AvgIpc) is 3.46. The summed E-state index contributed by atoms with van der Waals surface area (Å²) in [5.74, 6) is 2.74. The molecule has 6 rings (SSSR count). The molecule has 0 spiro atoms. The van der Waals surface area contributed by atoms with Crippen LogP contribution in [0.5, 0.6) is 23.0 Å². The molecule has 0 aliphatic rings. The Balaban J connectivity index is 0.000000291. The minimum absolute atomic E-state index is 0.419. The molecular formula is C64H84O14. The van der Waals surface area contributed by atoms with Gasteiger partial charge in [-0.25, -0.2) is 0 Å². The van der Waals surface area contributed by atoms with Gasteiger partial charge in [-0.05, 0) is 74.2 Å². The number of aryl methyl sites for hydroxylation is 4. The number of para-hydroxylation sites is 4. The zero-order valence-corrected chi connectivity index (χ0v) is 46.5. The first-order valence-electron chi connectivity index (χ1n) is 27.1. The standard InChI is InChI=1S/C34H46O8.C30H38O6/c1-29-7-11-31(12-8-29)27-39-21-19-35-15-17-37-23-25-41-33-5-3-4-6-34(33)42-26-24-38-18-16-36-20-22-40-28-32-13-9-30(2)10-14-32;1-25-7-11-27(12-8-25)23-33-17-15-31-19-21-35-29-5-3-4-6-30(29)36-22-20-32-16-18-34-24-28-13-9-26(2)10-14-28/h3-14H,15-28H2,1-2H3;3-14H,15-24H2,1-2H3. The highest BCUT2D eigenvalue weighted by molar-refractivity contribution is 5.40. The highest BCUT2D eigenvalue weighted by Crippen LogP contribution is 2.27. The van der Waals surface area contributed by atoms with E-state index in [2.05, 4.69) is 125 Å². The van der Waals surface area contributed by atoms with Gasteiger partial charge in [-0.1, -0.05) is 144 Å². The van der Waals surface area contributed by atoms with Crippen molar-refractivity contribution in [3.05, 3.63) is 190 Å². The number of hydrogen-bond acceptors (Lipinski definition) is 14. The first-order chi connectivity index (χ1) is 38.4. The number of rotatable bonds is 42. The quantitative estimate of drug-likeness (QED) is 0.0337. The summed E-state index contributed by atoms with van der Waals surface area (Å²) in [5.41, 5.74) is 9.65. The molecule has 0 unspecified atom stereocenters. The fourth-order valence-corrected chi connectivity index (χ4v) is 7.04. The molecule has 0 saturated carbocycles. The van der Waals surface area contributed by atoms with Crippen LogP contribution in [0.1, 0.15) is 44.5 Å². The molecule has 424 valence electrons. The monoisotopic (exact) mass is 1080 g/mol. The fourth-order valence-electron chi connectivity index (χ4n) is 7.04. The highest BCUT2D eigenvalue weighted by atomic mass is 16.6. The van der Waals surface area contributed by atoms with Gasteiger partial charge in [-0.3, -0.25) is 0 Å². The molecule has 0 N–H and O–H groups in total. The Morgan fingerprint density at radius 3 is 0.551 bits per heavy atom. The third-order valence-electron chi connectivity index (χ3n) is 11.4. The average molecular weight is 1080 g/mol. The second-order valence-electron chi connectivity index (χ2n) is 18.1. The molecule has 6 aromatic rings. The Kier molecular flexibility index (Phi) is 33.3. The van der Waals surface area contributed by atoms with Crippen LogP contribution in [-0.4, -0.2) is 132 Å². The van der Waals surface area contributed by atoms with E-state index in [4.69, 9.17) is 66.3 Å². The Labute approximate surface area is 464 Å². The van der Waals surface area contributed by atoms with Gasteiger partial charge >= 0.3 is 0 Å². The van der Waals surface area contributed by atoms with Gasteiger partial charge in [-0.15, -0.1) is 0 Å². The lowest BCUT2D eigenvalue weighted by atomic mass is 10.2. The smallest absolute Gasteiger partial charge is 0.161 e. The summed E-state index contributed by atoms with van der Waals surface area (Å²) >= 11 is 0. The normalized spacial score (nSPS) is 11.0. The van der Waals surface area contributed by atoms with E-state index in [1.165, 1.54) is 22.3 Å². The number of hydrogen-bond donors (Lipinski definition) is 0. The van der Waals surface area contributed by atoms with Gasteiger partial charge in [0.15, 0.2) is 23.0 Å². The summed E-state index contributed by atoms with van der Waals surface area (Å²) in [6.07, 6.45) is 0. The largest absolute Gasteiger partial charge is 0.487 e. The third-order valence-corrected chi connectivity index (χ3v) is 11.4. The van der Waals surface area contributed by atoms with Crippen molar-refractivity contribution in [2.45, 2.75) is 54.1 Å². The lowest BCUT2D eigenvalue weighted by molar-refractivity contribution is 0.00460. The molecule has 0 radical (unpaired) electrons. The maximum Gasteiger partial charge on any atom is 0.161 e. The second-order valence-corrected chi connectivity index (χ2v) is 18.1. The summed E-state index contributed by atoms with van der Waals surface area (Å²) in [6.45, 7) is 20.6. The van der Waals surface area contributed by atoms with Gasteiger partial charge in [0.1, 0.15) is 26.4 Å². The Morgan fingerprint density at radius 1 is 0.192 bits per heavy atom. The maximum absolute atomic E-state index is 5.84. The van der Waals surface area contributed by atoms with Crippen molar-refractivity contribution < 1.29 is 66.3 Å². The lowest BCUT2D eigenvalue weighted by Crippen LogP contribution is -2.14. The van der Waals surface area contributed by atoms with Crippen LogP contribution in [0.3, 0.4) is 0 Å². The van der Waals surface area contributed by atoms with Crippen molar-refractivity contribution in [2.24, 2.45) is 0 Å². The van der Waals surface area contributed by atoms with Crippen LogP contribution in [0, 0.1) is 27.7 Å². The molecule has 0 aliphatic heterocycles. The molecular weight excluding hydrogens is 993 g/mol. The topological polar surface area (TPSA) is 129 Å². The van der Waals surface area contributed by atoms with Crippen LogP contribution in [0.15, 0.2) is 146 Å². The van der Waals surface area contributed by atoms with Crippen LogP contribution in [0.4, 0.5) is 0 Å². The Bertz CT molecular complexity index is 2210. The van der Waals surface area contributed by atoms with Crippen molar-refractivity contribution in [1.29, 1.82) is 0 Å². The molecule has 0 aliphatic carbocycles. The summed E-state index contributed by atoms with van der Waals surface area (Å²) in [7, 11) is 0. The van der Waals surface area contributed by atoms with Crippen LogP contribution in [-0.2, 0) is 73.8 Å². The Morgan fingerprint density at radius 2 is 0.359 bits per heavy atom. The molecule has 14 heteroatoms. The van der Waals surface area contributed by atoms with E-state index in [0.29, 0.717) is 182 Å². The minimum Gasteiger partial charge on any atom is -0.487 e. The third kappa shape index (κ3) is 29.7. The zero-order chi connectivity index (χ0) is 54.8. The van der Waals surface area contributed by atoms with Crippen molar-refractivity contribution in [3.8, 4) is 23.0 Å². The lowest BCUT2D eigenvalue weighted by Gasteiger charge is -2.13. The van der Waals surface area contributed by atoms with E-state index in [9.17, 15) is 0 Å². The molecule has 0 amide bonds. The summed E-state index contributed by atoms with van der Waals surface area (Å²) < 4.78 is 79.4. The van der Waals surface area contributed by atoms with E-state index < -0.39 is 0 Å². The summed E-state index contributed by atoms with van der Waals surface area (Å²) in [5, 5.41) is 0. The van der Waals surface area contributed by atoms with Gasteiger partial charge < -0.3 is 66.3 Å². The maximum atomic E-state index is 5.84. The molecule has 0 aromatic heterocycles. The summed E-state index contributed by atoms with van der Waals surface area (Å²) in [4.78, 5) is 0. The molecule has 78 heavy (non-hydrogen) atoms. The number of benzene rings is 6. The van der Waals surface area contributed by atoms with Gasteiger partial charge in [0.05, 0.1) is 132 Å². The summed E-state index contributed by atoms with van der Waals surface area (Å²) in [6, 6.07) is 48.5. The van der Waals surface area contributed by atoms with Gasteiger partial charge in [0.25, 0.3) is 0 Å². The van der Waals surface area contributed by atoms with Crippen molar-refractivity contribution in [3.63, 3.8) is 0 Å². The van der Waals surface area contributed by atoms with Gasteiger partial charge in [0.2, 0.25) is 0 Å². The fraction of sp³-hybridized carbons (Fsp3) is 0.438. The van der Waals surface area contributed by atoms with Crippen LogP contribution >= 0.6 is 0 Å². The SMILES string of the molecule is Cc1ccc(COCCOCCOCCOc2ccccc2OCCOCCOCCOCc2ccc(C)cc2)cc1.Cc1ccc(COCCOCCOc2ccccc2OCCOCCOCc2ccc(C)cc2)cc1. The number of ether oxygens (including phenoxy) is 14. The molecule has 0 saturated heterocycles. The second kappa shape index (κ2) is 41.2. The molecule has 0 heterocycles. The molecule has 0 fully saturated rings.